The number of alkyl halides is 6. The van der Waals surface area contributed by atoms with E-state index in [-0.39, 0.29) is 11.1 Å². The molecular formula is C23H22F6O3. The highest BCUT2D eigenvalue weighted by Gasteiger charge is 2.48. The first-order chi connectivity index (χ1) is 14.9. The van der Waals surface area contributed by atoms with E-state index in [1.165, 1.54) is 24.3 Å². The van der Waals surface area contributed by atoms with Crippen LogP contribution < -0.4 is 0 Å². The number of aliphatic hydroxyl groups is 1. The van der Waals surface area contributed by atoms with Gasteiger partial charge < -0.3 is 14.6 Å². The third kappa shape index (κ3) is 4.25. The highest BCUT2D eigenvalue weighted by atomic mass is 19.4. The molecule has 0 atom stereocenters. The molecule has 2 aromatic carbocycles. The summed E-state index contributed by atoms with van der Waals surface area (Å²) in [5.41, 5.74) is -3.12. The summed E-state index contributed by atoms with van der Waals surface area (Å²) in [6.45, 7) is 0.930. The minimum atomic E-state index is -4.54. The predicted molar refractivity (Wildman–Crippen MR) is 102 cm³/mol. The Morgan fingerprint density at radius 3 is 1.34 bits per heavy atom. The molecule has 174 valence electrons. The van der Waals surface area contributed by atoms with Gasteiger partial charge in [0, 0.05) is 12.8 Å². The van der Waals surface area contributed by atoms with Crippen molar-refractivity contribution in [3.63, 3.8) is 0 Å². The van der Waals surface area contributed by atoms with Crippen molar-refractivity contribution >= 4 is 0 Å². The van der Waals surface area contributed by atoms with Crippen molar-refractivity contribution in [3.8, 4) is 0 Å². The van der Waals surface area contributed by atoms with E-state index in [9.17, 15) is 31.4 Å². The number of rotatable bonds is 3. The summed E-state index contributed by atoms with van der Waals surface area (Å²) < 4.78 is 89.5. The average molecular weight is 460 g/mol. The van der Waals surface area contributed by atoms with Gasteiger partial charge >= 0.3 is 12.4 Å². The molecule has 9 heteroatoms. The van der Waals surface area contributed by atoms with E-state index in [1.54, 1.807) is 0 Å². The van der Waals surface area contributed by atoms with Crippen LogP contribution in [0.4, 0.5) is 26.3 Å². The van der Waals surface area contributed by atoms with E-state index in [4.69, 9.17) is 9.47 Å². The lowest BCUT2D eigenvalue weighted by molar-refractivity contribution is -0.191. The molecule has 1 aliphatic carbocycles. The summed E-state index contributed by atoms with van der Waals surface area (Å²) in [5.74, 6) is -1.17. The van der Waals surface area contributed by atoms with E-state index in [2.05, 4.69) is 0 Å². The second-order valence-electron chi connectivity index (χ2n) is 8.30. The lowest BCUT2D eigenvalue weighted by atomic mass is 9.68. The fourth-order valence-electron chi connectivity index (χ4n) is 4.73. The molecule has 1 saturated carbocycles. The fraction of sp³-hybridized carbons (Fsp3) is 0.478. The second-order valence-corrected chi connectivity index (χ2v) is 8.30. The van der Waals surface area contributed by atoms with Crippen LogP contribution in [0.25, 0.3) is 0 Å². The quantitative estimate of drug-likeness (QED) is 0.581. The van der Waals surface area contributed by atoms with Crippen LogP contribution in [-0.2, 0) is 27.4 Å². The van der Waals surface area contributed by atoms with Crippen molar-refractivity contribution in [1.82, 2.24) is 0 Å². The third-order valence-corrected chi connectivity index (χ3v) is 6.46. The molecule has 32 heavy (non-hydrogen) atoms. The first-order valence-corrected chi connectivity index (χ1v) is 10.3. The largest absolute Gasteiger partial charge is 0.416 e. The van der Waals surface area contributed by atoms with Gasteiger partial charge in [0.2, 0.25) is 0 Å². The molecule has 1 spiro atoms. The van der Waals surface area contributed by atoms with Gasteiger partial charge in [-0.05, 0) is 54.2 Å². The van der Waals surface area contributed by atoms with Crippen LogP contribution in [0.15, 0.2) is 48.5 Å². The summed E-state index contributed by atoms with van der Waals surface area (Å²) in [6.07, 6.45) is -7.28. The molecule has 1 saturated heterocycles. The summed E-state index contributed by atoms with van der Waals surface area (Å²) >= 11 is 0. The summed E-state index contributed by atoms with van der Waals surface area (Å²) in [6, 6.07) is 8.24. The lowest BCUT2D eigenvalue weighted by Gasteiger charge is -2.43. The van der Waals surface area contributed by atoms with Crippen molar-refractivity contribution in [2.75, 3.05) is 13.2 Å². The molecule has 2 aliphatic rings. The maximum absolute atomic E-state index is 13.0. The van der Waals surface area contributed by atoms with E-state index < -0.39 is 40.8 Å². The number of halogens is 6. The molecule has 1 aliphatic heterocycles. The van der Waals surface area contributed by atoms with Crippen molar-refractivity contribution in [1.29, 1.82) is 0 Å². The second kappa shape index (κ2) is 8.04. The highest BCUT2D eigenvalue weighted by molar-refractivity contribution is 5.40. The third-order valence-electron chi connectivity index (χ3n) is 6.46. The van der Waals surface area contributed by atoms with E-state index in [0.717, 1.165) is 24.3 Å². The minimum absolute atomic E-state index is 0.194. The van der Waals surface area contributed by atoms with E-state index in [0.29, 0.717) is 38.9 Å². The zero-order chi connectivity index (χ0) is 23.2. The summed E-state index contributed by atoms with van der Waals surface area (Å²) in [5, 5.41) is 11.9. The van der Waals surface area contributed by atoms with Crippen LogP contribution >= 0.6 is 0 Å². The fourth-order valence-corrected chi connectivity index (χ4v) is 4.73. The van der Waals surface area contributed by atoms with Gasteiger partial charge in [0.15, 0.2) is 5.79 Å². The van der Waals surface area contributed by atoms with Crippen LogP contribution in [-0.4, -0.2) is 24.1 Å². The van der Waals surface area contributed by atoms with Gasteiger partial charge in [0.1, 0.15) is 5.60 Å². The van der Waals surface area contributed by atoms with Crippen LogP contribution in [0, 0.1) is 5.92 Å². The Morgan fingerprint density at radius 2 is 1.00 bits per heavy atom. The standard InChI is InChI=1S/C23H22F6O3/c24-22(25,26)18-5-1-15(2-6-18)21(30,16-3-7-19(8-4-16)23(27,28)29)17-9-11-20(12-10-17)31-13-14-32-20/h1-8,17,30H,9-14H2. The molecular weight excluding hydrogens is 438 g/mol. The van der Waals surface area contributed by atoms with E-state index >= 15 is 0 Å². The van der Waals surface area contributed by atoms with Crippen LogP contribution in [0.5, 0.6) is 0 Å². The van der Waals surface area contributed by atoms with E-state index in [1.807, 2.05) is 0 Å². The maximum atomic E-state index is 13.0. The smallest absolute Gasteiger partial charge is 0.380 e. The van der Waals surface area contributed by atoms with Gasteiger partial charge in [-0.1, -0.05) is 24.3 Å². The zero-order valence-electron chi connectivity index (χ0n) is 17.0. The Hall–Kier alpha value is -2.10. The SMILES string of the molecule is OC(c1ccc(C(F)(F)F)cc1)(c1ccc(C(F)(F)F)cc1)C1CCC2(CC1)OCCO2. The molecule has 0 bridgehead atoms. The molecule has 3 nitrogen and oxygen atoms in total. The Balaban J connectivity index is 1.71. The summed E-state index contributed by atoms with van der Waals surface area (Å²) in [7, 11) is 0. The van der Waals surface area contributed by atoms with Crippen LogP contribution in [0.2, 0.25) is 0 Å². The first-order valence-electron chi connectivity index (χ1n) is 10.3. The molecule has 0 amide bonds. The van der Waals surface area contributed by atoms with Crippen molar-refractivity contribution in [3.05, 3.63) is 70.8 Å². The minimum Gasteiger partial charge on any atom is -0.380 e. The van der Waals surface area contributed by atoms with Crippen molar-refractivity contribution < 1.29 is 40.9 Å². The van der Waals surface area contributed by atoms with Gasteiger partial charge in [-0.25, -0.2) is 0 Å². The Bertz CT molecular complexity index is 861. The predicted octanol–water partition coefficient (Wildman–Crippen LogP) is 5.89. The topological polar surface area (TPSA) is 38.7 Å². The average Bonchev–Trinajstić information content (AvgIpc) is 3.20. The number of hydrogen-bond acceptors (Lipinski definition) is 3. The lowest BCUT2D eigenvalue weighted by Crippen LogP contribution is -2.43. The molecule has 1 N–H and O–H groups in total. The van der Waals surface area contributed by atoms with Gasteiger partial charge in [-0.15, -0.1) is 0 Å². The summed E-state index contributed by atoms with van der Waals surface area (Å²) in [4.78, 5) is 0. The molecule has 1 heterocycles. The normalized spacial score (nSPS) is 20.1. The van der Waals surface area contributed by atoms with Crippen molar-refractivity contribution in [2.24, 2.45) is 5.92 Å². The molecule has 0 radical (unpaired) electrons. The monoisotopic (exact) mass is 460 g/mol. The molecule has 0 aromatic heterocycles. The Labute approximate surface area is 181 Å². The van der Waals surface area contributed by atoms with Crippen molar-refractivity contribution in [2.45, 2.75) is 49.4 Å². The molecule has 4 rings (SSSR count). The number of ether oxygens (including phenoxy) is 2. The van der Waals surface area contributed by atoms with Gasteiger partial charge in [0.05, 0.1) is 24.3 Å². The Morgan fingerprint density at radius 1 is 0.656 bits per heavy atom. The zero-order valence-corrected chi connectivity index (χ0v) is 17.0. The first kappa shape index (κ1) is 23.1. The van der Waals surface area contributed by atoms with Gasteiger partial charge in [0.25, 0.3) is 0 Å². The highest BCUT2D eigenvalue weighted by Crippen LogP contribution is 2.48. The van der Waals surface area contributed by atoms with Gasteiger partial charge in [-0.3, -0.25) is 0 Å². The number of hydrogen-bond donors (Lipinski definition) is 1. The van der Waals surface area contributed by atoms with Gasteiger partial charge in [-0.2, -0.15) is 26.3 Å². The molecule has 2 aromatic rings. The Kier molecular flexibility index (Phi) is 5.80. The molecule has 0 unspecified atom stereocenters. The molecule has 2 fully saturated rings. The maximum Gasteiger partial charge on any atom is 0.416 e. The van der Waals surface area contributed by atoms with Crippen LogP contribution in [0.3, 0.4) is 0 Å². The number of benzene rings is 2. The van der Waals surface area contributed by atoms with Crippen LogP contribution in [0.1, 0.15) is 47.9 Å².